The molecule has 0 radical (unpaired) electrons. The zero-order valence-electron chi connectivity index (χ0n) is 21.8. The lowest BCUT2D eigenvalue weighted by molar-refractivity contribution is -0.128. The van der Waals surface area contributed by atoms with Gasteiger partial charge >= 0.3 is 0 Å². The fourth-order valence-corrected chi connectivity index (χ4v) is 5.03. The number of nitrogens with zero attached hydrogens (tertiary/aromatic N) is 2. The number of carbonyl (C=O) groups excluding carboxylic acids is 3. The summed E-state index contributed by atoms with van der Waals surface area (Å²) in [7, 11) is 0. The Morgan fingerprint density at radius 2 is 1.72 bits per heavy atom. The van der Waals surface area contributed by atoms with Crippen LogP contribution < -0.4 is 5.32 Å². The van der Waals surface area contributed by atoms with Crippen molar-refractivity contribution in [3.63, 3.8) is 0 Å². The van der Waals surface area contributed by atoms with Gasteiger partial charge in [-0.05, 0) is 49.1 Å². The number of rotatable bonds is 6. The number of carbonyl (C=O) groups is 3. The first-order valence-corrected chi connectivity index (χ1v) is 12.9. The highest BCUT2D eigenvalue weighted by Crippen LogP contribution is 2.39. The van der Waals surface area contributed by atoms with Crippen LogP contribution in [0.25, 0.3) is 0 Å². The fraction of sp³-hybridized carbons (Fsp3) is 0.483. The summed E-state index contributed by atoms with van der Waals surface area (Å²) < 4.78 is 6.28. The van der Waals surface area contributed by atoms with Gasteiger partial charge in [-0.25, -0.2) is 0 Å². The van der Waals surface area contributed by atoms with Crippen LogP contribution in [0.15, 0.2) is 48.5 Å². The quantitative estimate of drug-likeness (QED) is 0.667. The second kappa shape index (κ2) is 10.8. The minimum absolute atomic E-state index is 0.0201. The fourth-order valence-electron chi connectivity index (χ4n) is 5.03. The van der Waals surface area contributed by atoms with Crippen LogP contribution in [0.3, 0.4) is 0 Å². The Morgan fingerprint density at radius 3 is 2.33 bits per heavy atom. The largest absolute Gasteiger partial charge is 0.354 e. The number of aryl methyl sites for hydroxylation is 2. The Balaban J connectivity index is 1.55. The Bertz CT molecular complexity index is 1100. The summed E-state index contributed by atoms with van der Waals surface area (Å²) >= 11 is 0. The van der Waals surface area contributed by atoms with Gasteiger partial charge in [0.2, 0.25) is 5.91 Å². The average molecular weight is 492 g/mol. The third-order valence-electron chi connectivity index (χ3n) is 7.17. The van der Waals surface area contributed by atoms with E-state index in [0.29, 0.717) is 49.5 Å². The minimum atomic E-state index is -0.913. The van der Waals surface area contributed by atoms with Gasteiger partial charge in [0.05, 0.1) is 6.61 Å². The summed E-state index contributed by atoms with van der Waals surface area (Å²) in [4.78, 5) is 43.6. The van der Waals surface area contributed by atoms with Crippen molar-refractivity contribution in [1.29, 1.82) is 0 Å². The molecule has 1 spiro atoms. The summed E-state index contributed by atoms with van der Waals surface area (Å²) in [5, 5.41) is 2.97. The molecule has 7 heteroatoms. The first-order valence-electron chi connectivity index (χ1n) is 12.9. The van der Waals surface area contributed by atoms with Gasteiger partial charge in [-0.2, -0.15) is 0 Å². The van der Waals surface area contributed by atoms with Crippen LogP contribution in [0.2, 0.25) is 0 Å². The molecule has 2 saturated heterocycles. The number of nitrogens with one attached hydrogen (secondary N) is 1. The van der Waals surface area contributed by atoms with Crippen LogP contribution >= 0.6 is 0 Å². The molecule has 2 aliphatic heterocycles. The Labute approximate surface area is 213 Å². The molecule has 0 aromatic heterocycles. The molecular weight excluding hydrogens is 454 g/mol. The van der Waals surface area contributed by atoms with E-state index in [1.54, 1.807) is 11.0 Å². The van der Waals surface area contributed by atoms with Crippen LogP contribution in [0.1, 0.15) is 65.5 Å². The Hall–Kier alpha value is -3.19. The lowest BCUT2D eigenvalue weighted by atomic mass is 9.95. The number of hydrogen-bond donors (Lipinski definition) is 1. The van der Waals surface area contributed by atoms with Gasteiger partial charge in [0.25, 0.3) is 11.8 Å². The SMILES string of the molecule is CCc1ccc(C(=O)N2CCC3(CC2)OC[C@H](C(=O)NCC(C)C)N3C(=O)c2cccc(C)c2)cc1. The molecule has 0 saturated carbocycles. The van der Waals surface area contributed by atoms with Gasteiger partial charge in [-0.15, -0.1) is 0 Å². The number of piperidine rings is 1. The molecule has 7 nitrogen and oxygen atoms in total. The third kappa shape index (κ3) is 5.31. The average Bonchev–Trinajstić information content (AvgIpc) is 3.25. The summed E-state index contributed by atoms with van der Waals surface area (Å²) in [6, 6.07) is 14.4. The van der Waals surface area contributed by atoms with Gasteiger partial charge in [0.1, 0.15) is 11.8 Å². The summed E-state index contributed by atoms with van der Waals surface area (Å²) in [6.45, 7) is 9.68. The predicted molar refractivity (Wildman–Crippen MR) is 139 cm³/mol. The monoisotopic (exact) mass is 491 g/mol. The van der Waals surface area contributed by atoms with Gasteiger partial charge < -0.3 is 15.0 Å². The molecule has 2 fully saturated rings. The van der Waals surface area contributed by atoms with Crippen molar-refractivity contribution in [1.82, 2.24) is 15.1 Å². The van der Waals surface area contributed by atoms with Crippen LogP contribution in [0.4, 0.5) is 0 Å². The highest BCUT2D eigenvalue weighted by atomic mass is 16.5. The van der Waals surface area contributed by atoms with E-state index in [0.717, 1.165) is 12.0 Å². The van der Waals surface area contributed by atoms with E-state index in [1.807, 2.05) is 68.1 Å². The zero-order chi connectivity index (χ0) is 25.9. The van der Waals surface area contributed by atoms with Crippen LogP contribution in [0, 0.1) is 12.8 Å². The van der Waals surface area contributed by atoms with Crippen molar-refractivity contribution in [3.05, 3.63) is 70.8 Å². The van der Waals surface area contributed by atoms with Crippen molar-refractivity contribution in [2.45, 2.75) is 58.7 Å². The summed E-state index contributed by atoms with van der Waals surface area (Å²) in [6.07, 6.45) is 1.84. The van der Waals surface area contributed by atoms with Gasteiger partial charge in [0.15, 0.2) is 0 Å². The van der Waals surface area contributed by atoms with E-state index in [-0.39, 0.29) is 24.3 Å². The maximum Gasteiger partial charge on any atom is 0.256 e. The Kier molecular flexibility index (Phi) is 7.79. The maximum absolute atomic E-state index is 13.8. The van der Waals surface area contributed by atoms with Gasteiger partial charge in [-0.1, -0.05) is 50.6 Å². The molecule has 1 N–H and O–H groups in total. The van der Waals surface area contributed by atoms with Gasteiger partial charge in [-0.3, -0.25) is 19.3 Å². The van der Waals surface area contributed by atoms with Crippen LogP contribution in [-0.4, -0.2) is 65.5 Å². The number of hydrogen-bond acceptors (Lipinski definition) is 4. The first kappa shape index (κ1) is 25.9. The molecule has 3 amide bonds. The van der Waals surface area contributed by atoms with Crippen LogP contribution in [0.5, 0.6) is 0 Å². The first-order chi connectivity index (χ1) is 17.2. The number of ether oxygens (including phenoxy) is 1. The molecule has 4 rings (SSSR count). The Morgan fingerprint density at radius 1 is 1.03 bits per heavy atom. The van der Waals surface area contributed by atoms with E-state index < -0.39 is 11.8 Å². The van der Waals surface area contributed by atoms with E-state index in [2.05, 4.69) is 12.2 Å². The highest BCUT2D eigenvalue weighted by Gasteiger charge is 2.54. The molecular formula is C29H37N3O4. The molecule has 192 valence electrons. The van der Waals surface area contributed by atoms with Crippen molar-refractivity contribution < 1.29 is 19.1 Å². The smallest absolute Gasteiger partial charge is 0.256 e. The number of benzene rings is 2. The second-order valence-corrected chi connectivity index (χ2v) is 10.3. The topological polar surface area (TPSA) is 79.0 Å². The van der Waals surface area contributed by atoms with E-state index in [9.17, 15) is 14.4 Å². The van der Waals surface area contributed by atoms with E-state index in [4.69, 9.17) is 4.74 Å². The standard InChI is InChI=1S/C29H37N3O4/c1-5-22-9-11-23(12-10-22)27(34)31-15-13-29(14-16-31)32(28(35)24-8-6-7-21(4)17-24)25(19-36-29)26(33)30-18-20(2)3/h6-12,17,20,25H,5,13-16,18-19H2,1-4H3,(H,30,33)/t25-/m1/s1. The highest BCUT2D eigenvalue weighted by molar-refractivity contribution is 5.99. The van der Waals surface area contributed by atoms with Crippen molar-refractivity contribution in [2.24, 2.45) is 5.92 Å². The molecule has 36 heavy (non-hydrogen) atoms. The molecule has 0 bridgehead atoms. The molecule has 2 aromatic rings. The zero-order valence-corrected chi connectivity index (χ0v) is 21.8. The second-order valence-electron chi connectivity index (χ2n) is 10.3. The lowest BCUT2D eigenvalue weighted by Crippen LogP contribution is -2.60. The third-order valence-corrected chi connectivity index (χ3v) is 7.17. The number of likely N-dealkylation sites (tertiary alicyclic amines) is 1. The molecule has 0 aliphatic carbocycles. The number of amides is 3. The maximum atomic E-state index is 13.8. The normalized spacial score (nSPS) is 19.1. The molecule has 2 heterocycles. The van der Waals surface area contributed by atoms with Crippen molar-refractivity contribution >= 4 is 17.7 Å². The van der Waals surface area contributed by atoms with Crippen LogP contribution in [-0.2, 0) is 16.0 Å². The van der Waals surface area contributed by atoms with Crippen molar-refractivity contribution in [3.8, 4) is 0 Å². The summed E-state index contributed by atoms with van der Waals surface area (Å²) in [5.74, 6) is -0.132. The molecule has 2 aromatic carbocycles. The van der Waals surface area contributed by atoms with Gasteiger partial charge in [0, 0.05) is 43.6 Å². The lowest BCUT2D eigenvalue weighted by Gasteiger charge is -2.44. The van der Waals surface area contributed by atoms with E-state index in [1.165, 1.54) is 5.56 Å². The minimum Gasteiger partial charge on any atom is -0.354 e. The summed E-state index contributed by atoms with van der Waals surface area (Å²) in [5.41, 5.74) is 2.45. The predicted octanol–water partition coefficient (Wildman–Crippen LogP) is 3.80. The molecule has 2 aliphatic rings. The van der Waals surface area contributed by atoms with Crippen molar-refractivity contribution in [2.75, 3.05) is 26.2 Å². The van der Waals surface area contributed by atoms with E-state index >= 15 is 0 Å². The molecule has 0 unspecified atom stereocenters. The molecule has 1 atom stereocenters.